The molecule has 1 aliphatic rings. The minimum atomic E-state index is -4.49. The molecule has 1 aliphatic carbocycles. The highest BCUT2D eigenvalue weighted by Gasteiger charge is 2.32. The van der Waals surface area contributed by atoms with E-state index < -0.39 is 11.7 Å². The largest absolute Gasteiger partial charge is 0.493 e. The second-order valence-electron chi connectivity index (χ2n) is 7.06. The minimum absolute atomic E-state index is 0.0121. The van der Waals surface area contributed by atoms with Gasteiger partial charge in [-0.25, -0.2) is 4.98 Å². The molecule has 0 aliphatic heterocycles. The summed E-state index contributed by atoms with van der Waals surface area (Å²) in [5, 5.41) is 5.41. The number of nitrogens with one attached hydrogen (secondary N) is 2. The maximum atomic E-state index is 12.8. The van der Waals surface area contributed by atoms with E-state index in [0.717, 1.165) is 25.0 Å². The van der Waals surface area contributed by atoms with Gasteiger partial charge in [0, 0.05) is 23.2 Å². The molecular weight excluding hydrogens is 415 g/mol. The lowest BCUT2D eigenvalue weighted by atomic mass is 10.1. The van der Waals surface area contributed by atoms with E-state index >= 15 is 0 Å². The fraction of sp³-hybridized carbons (Fsp3) is 0.381. The smallest absolute Gasteiger partial charge is 0.416 e. The summed E-state index contributed by atoms with van der Waals surface area (Å²) in [6.45, 7) is 1.81. The Kier molecular flexibility index (Phi) is 6.67. The zero-order valence-corrected chi connectivity index (χ0v) is 17.0. The van der Waals surface area contributed by atoms with Gasteiger partial charge in [-0.15, -0.1) is 0 Å². The van der Waals surface area contributed by atoms with Crippen molar-refractivity contribution in [3.05, 3.63) is 47.2 Å². The molecule has 0 unspecified atom stereocenters. The van der Waals surface area contributed by atoms with Gasteiger partial charge in [0.2, 0.25) is 5.91 Å². The van der Waals surface area contributed by atoms with Gasteiger partial charge in [0.15, 0.2) is 11.5 Å². The molecule has 1 heterocycles. The molecule has 0 saturated heterocycles. The molecule has 0 atom stereocenters. The lowest BCUT2D eigenvalue weighted by Crippen LogP contribution is -2.29. The monoisotopic (exact) mass is 437 g/mol. The topological polar surface area (TPSA) is 89.6 Å². The Hall–Kier alpha value is -3.30. The van der Waals surface area contributed by atoms with Crippen LogP contribution in [0.15, 0.2) is 30.5 Å². The molecule has 2 amide bonds. The van der Waals surface area contributed by atoms with Crippen LogP contribution in [0.25, 0.3) is 0 Å². The van der Waals surface area contributed by atoms with Crippen LogP contribution in [0, 0.1) is 12.8 Å². The third-order valence-electron chi connectivity index (χ3n) is 4.77. The number of benzene rings is 1. The Labute approximate surface area is 176 Å². The van der Waals surface area contributed by atoms with E-state index in [1.807, 2.05) is 0 Å². The lowest BCUT2D eigenvalue weighted by molar-refractivity contribution is -0.137. The molecule has 7 nitrogen and oxygen atoms in total. The SMILES string of the molecule is COc1cc(C(F)(F)F)ccc1OCCNC(=O)c1ccnc(NC(=O)C2CC2)c1C. The van der Waals surface area contributed by atoms with Crippen LogP contribution in [0.3, 0.4) is 0 Å². The van der Waals surface area contributed by atoms with E-state index in [-0.39, 0.29) is 42.4 Å². The number of methoxy groups -OCH3 is 1. The van der Waals surface area contributed by atoms with Crippen LogP contribution < -0.4 is 20.1 Å². The van der Waals surface area contributed by atoms with Crippen LogP contribution in [0.5, 0.6) is 11.5 Å². The summed E-state index contributed by atoms with van der Waals surface area (Å²) in [6, 6.07) is 4.46. The molecule has 3 rings (SSSR count). The van der Waals surface area contributed by atoms with Gasteiger partial charge in [0.25, 0.3) is 5.91 Å². The molecule has 1 aromatic heterocycles. The molecule has 10 heteroatoms. The van der Waals surface area contributed by atoms with Crippen molar-refractivity contribution >= 4 is 17.6 Å². The number of hydrogen-bond donors (Lipinski definition) is 2. The molecule has 166 valence electrons. The fourth-order valence-corrected chi connectivity index (χ4v) is 2.86. The zero-order valence-electron chi connectivity index (χ0n) is 17.0. The summed E-state index contributed by atoms with van der Waals surface area (Å²) in [4.78, 5) is 28.5. The number of carbonyl (C=O) groups excluding carboxylic acids is 2. The van der Waals surface area contributed by atoms with Crippen LogP contribution in [-0.4, -0.2) is 37.1 Å². The maximum Gasteiger partial charge on any atom is 0.416 e. The Bertz CT molecular complexity index is 975. The number of pyridine rings is 1. The van der Waals surface area contributed by atoms with Gasteiger partial charge < -0.3 is 20.1 Å². The third kappa shape index (κ3) is 5.65. The van der Waals surface area contributed by atoms with Crippen LogP contribution in [0.1, 0.15) is 34.3 Å². The number of hydrogen-bond acceptors (Lipinski definition) is 5. The first-order valence-electron chi connectivity index (χ1n) is 9.63. The number of alkyl halides is 3. The van der Waals surface area contributed by atoms with Gasteiger partial charge in [-0.1, -0.05) is 0 Å². The third-order valence-corrected chi connectivity index (χ3v) is 4.77. The van der Waals surface area contributed by atoms with Crippen molar-refractivity contribution in [1.82, 2.24) is 10.3 Å². The molecule has 1 fully saturated rings. The lowest BCUT2D eigenvalue weighted by Gasteiger charge is -2.14. The summed E-state index contributed by atoms with van der Waals surface area (Å²) < 4.78 is 48.8. The van der Waals surface area contributed by atoms with E-state index in [9.17, 15) is 22.8 Å². The predicted molar refractivity (Wildman–Crippen MR) is 106 cm³/mol. The Morgan fingerprint density at radius 3 is 2.58 bits per heavy atom. The summed E-state index contributed by atoms with van der Waals surface area (Å²) >= 11 is 0. The second-order valence-corrected chi connectivity index (χ2v) is 7.06. The quantitative estimate of drug-likeness (QED) is 0.617. The average Bonchev–Trinajstić information content (AvgIpc) is 3.57. The molecule has 1 saturated carbocycles. The van der Waals surface area contributed by atoms with Crippen molar-refractivity contribution in [2.45, 2.75) is 25.9 Å². The molecule has 0 spiro atoms. The van der Waals surface area contributed by atoms with Crippen molar-refractivity contribution in [2.75, 3.05) is 25.6 Å². The van der Waals surface area contributed by atoms with Crippen LogP contribution >= 0.6 is 0 Å². The van der Waals surface area contributed by atoms with Crippen molar-refractivity contribution < 1.29 is 32.2 Å². The molecule has 0 radical (unpaired) electrons. The first-order valence-corrected chi connectivity index (χ1v) is 9.63. The van der Waals surface area contributed by atoms with Gasteiger partial charge in [0.05, 0.1) is 19.2 Å². The Morgan fingerprint density at radius 2 is 1.94 bits per heavy atom. The first-order chi connectivity index (χ1) is 14.7. The Balaban J connectivity index is 1.55. The molecule has 1 aromatic carbocycles. The van der Waals surface area contributed by atoms with Gasteiger partial charge in [0.1, 0.15) is 12.4 Å². The van der Waals surface area contributed by atoms with Crippen molar-refractivity contribution in [3.8, 4) is 11.5 Å². The molecular formula is C21H22F3N3O4. The summed E-state index contributed by atoms with van der Waals surface area (Å²) in [5.41, 5.74) is 0.0512. The van der Waals surface area contributed by atoms with Crippen molar-refractivity contribution in [2.24, 2.45) is 5.92 Å². The predicted octanol–water partition coefficient (Wildman–Crippen LogP) is 3.57. The summed E-state index contributed by atoms with van der Waals surface area (Å²) in [7, 11) is 1.25. The highest BCUT2D eigenvalue weighted by molar-refractivity contribution is 5.99. The van der Waals surface area contributed by atoms with Gasteiger partial charge in [-0.05, 0) is 44.0 Å². The fourth-order valence-electron chi connectivity index (χ4n) is 2.86. The molecule has 2 aromatic rings. The first kappa shape index (κ1) is 22.4. The number of aromatic nitrogens is 1. The second kappa shape index (κ2) is 9.23. The number of carbonyl (C=O) groups is 2. The van der Waals surface area contributed by atoms with Crippen LogP contribution in [0.4, 0.5) is 19.0 Å². The number of amides is 2. The van der Waals surface area contributed by atoms with Crippen LogP contribution in [-0.2, 0) is 11.0 Å². The summed E-state index contributed by atoms with van der Waals surface area (Å²) in [5.74, 6) is -0.0535. The standard InChI is InChI=1S/C21H22F3N3O4/c1-12-15(7-8-25-18(12)27-19(28)13-3-4-13)20(29)26-9-10-31-16-6-5-14(21(22,23)24)11-17(16)30-2/h5-8,11,13H,3-4,9-10H2,1-2H3,(H,26,29)(H,25,27,28). The van der Waals surface area contributed by atoms with E-state index in [4.69, 9.17) is 9.47 Å². The average molecular weight is 437 g/mol. The van der Waals surface area contributed by atoms with Crippen LogP contribution in [0.2, 0.25) is 0 Å². The number of halogens is 3. The van der Waals surface area contributed by atoms with Crippen molar-refractivity contribution in [1.29, 1.82) is 0 Å². The Morgan fingerprint density at radius 1 is 1.19 bits per heavy atom. The summed E-state index contributed by atoms with van der Waals surface area (Å²) in [6.07, 6.45) is -1.34. The van der Waals surface area contributed by atoms with Gasteiger partial charge in [-0.3, -0.25) is 9.59 Å². The normalized spacial score (nSPS) is 13.5. The number of ether oxygens (including phenoxy) is 2. The van der Waals surface area contributed by atoms with Crippen molar-refractivity contribution in [3.63, 3.8) is 0 Å². The van der Waals surface area contributed by atoms with E-state index in [0.29, 0.717) is 16.9 Å². The molecule has 31 heavy (non-hydrogen) atoms. The van der Waals surface area contributed by atoms with E-state index in [1.165, 1.54) is 25.4 Å². The van der Waals surface area contributed by atoms with Gasteiger partial charge in [-0.2, -0.15) is 13.2 Å². The number of anilines is 1. The van der Waals surface area contributed by atoms with Gasteiger partial charge >= 0.3 is 6.18 Å². The minimum Gasteiger partial charge on any atom is -0.493 e. The highest BCUT2D eigenvalue weighted by Crippen LogP contribution is 2.36. The molecule has 2 N–H and O–H groups in total. The highest BCUT2D eigenvalue weighted by atomic mass is 19.4. The molecule has 0 bridgehead atoms. The zero-order chi connectivity index (χ0) is 22.6. The maximum absolute atomic E-state index is 12.8. The number of rotatable bonds is 8. The number of nitrogens with zero attached hydrogens (tertiary/aromatic N) is 1. The van der Waals surface area contributed by atoms with E-state index in [1.54, 1.807) is 6.92 Å². The van der Waals surface area contributed by atoms with E-state index in [2.05, 4.69) is 15.6 Å².